The molecular formula is C18H18F3N3O2. The van der Waals surface area contributed by atoms with Crippen LogP contribution >= 0.6 is 0 Å². The molecule has 1 heterocycles. The summed E-state index contributed by atoms with van der Waals surface area (Å²) in [6.45, 7) is 2.51. The maximum atomic E-state index is 12.7. The summed E-state index contributed by atoms with van der Waals surface area (Å²) in [5.74, 6) is -1.04. The molecule has 0 saturated heterocycles. The van der Waals surface area contributed by atoms with E-state index in [1.165, 1.54) is 30.5 Å². The lowest BCUT2D eigenvalue weighted by atomic mass is 10.1. The van der Waals surface area contributed by atoms with Crippen molar-refractivity contribution >= 4 is 17.5 Å². The van der Waals surface area contributed by atoms with Gasteiger partial charge >= 0.3 is 6.18 Å². The normalized spacial score (nSPS) is 11.1. The molecule has 0 atom stereocenters. The number of unbranched alkanes of at least 4 members (excludes halogenated alkanes) is 1. The SMILES string of the molecule is CCCCNC(=O)c1ccnc(C(=O)Nc2cccc(C(F)(F)F)c2)c1. The third kappa shape index (κ3) is 5.30. The van der Waals surface area contributed by atoms with E-state index in [1.807, 2.05) is 6.92 Å². The highest BCUT2D eigenvalue weighted by molar-refractivity contribution is 6.04. The van der Waals surface area contributed by atoms with Crippen molar-refractivity contribution in [1.82, 2.24) is 10.3 Å². The van der Waals surface area contributed by atoms with Crippen LogP contribution in [-0.4, -0.2) is 23.3 Å². The summed E-state index contributed by atoms with van der Waals surface area (Å²) < 4.78 is 38.2. The fourth-order valence-electron chi connectivity index (χ4n) is 2.15. The Kier molecular flexibility index (Phi) is 6.32. The number of hydrogen-bond acceptors (Lipinski definition) is 3. The number of carbonyl (C=O) groups excluding carboxylic acids is 2. The number of amides is 2. The maximum Gasteiger partial charge on any atom is 0.416 e. The van der Waals surface area contributed by atoms with E-state index in [4.69, 9.17) is 0 Å². The van der Waals surface area contributed by atoms with E-state index in [9.17, 15) is 22.8 Å². The molecule has 8 heteroatoms. The van der Waals surface area contributed by atoms with Gasteiger partial charge in [-0.15, -0.1) is 0 Å². The van der Waals surface area contributed by atoms with Gasteiger partial charge in [0.1, 0.15) is 5.69 Å². The highest BCUT2D eigenvalue weighted by Crippen LogP contribution is 2.30. The van der Waals surface area contributed by atoms with Gasteiger partial charge in [-0.2, -0.15) is 13.2 Å². The van der Waals surface area contributed by atoms with Crippen molar-refractivity contribution in [1.29, 1.82) is 0 Å². The molecular weight excluding hydrogens is 347 g/mol. The van der Waals surface area contributed by atoms with E-state index in [0.29, 0.717) is 6.54 Å². The fraction of sp³-hybridized carbons (Fsp3) is 0.278. The predicted octanol–water partition coefficient (Wildman–Crippen LogP) is 3.88. The number of rotatable bonds is 6. The highest BCUT2D eigenvalue weighted by Gasteiger charge is 2.30. The van der Waals surface area contributed by atoms with Gasteiger partial charge in [0.15, 0.2) is 0 Å². The van der Waals surface area contributed by atoms with Gasteiger partial charge in [-0.1, -0.05) is 19.4 Å². The molecule has 0 radical (unpaired) electrons. The molecule has 1 aromatic carbocycles. The average molecular weight is 365 g/mol. The van der Waals surface area contributed by atoms with E-state index in [1.54, 1.807) is 0 Å². The van der Waals surface area contributed by atoms with Crippen molar-refractivity contribution < 1.29 is 22.8 Å². The Labute approximate surface area is 148 Å². The number of hydrogen-bond donors (Lipinski definition) is 2. The molecule has 0 saturated carbocycles. The van der Waals surface area contributed by atoms with Crippen molar-refractivity contribution in [3.63, 3.8) is 0 Å². The second-order valence-corrected chi connectivity index (χ2v) is 5.57. The molecule has 2 N–H and O–H groups in total. The van der Waals surface area contributed by atoms with Crippen molar-refractivity contribution in [2.45, 2.75) is 25.9 Å². The number of nitrogens with zero attached hydrogens (tertiary/aromatic N) is 1. The molecule has 5 nitrogen and oxygen atoms in total. The van der Waals surface area contributed by atoms with Crippen LogP contribution in [0.4, 0.5) is 18.9 Å². The van der Waals surface area contributed by atoms with Crippen LogP contribution in [0.15, 0.2) is 42.6 Å². The van der Waals surface area contributed by atoms with Crippen LogP contribution in [0, 0.1) is 0 Å². The first-order chi connectivity index (χ1) is 12.3. The van der Waals surface area contributed by atoms with Crippen LogP contribution in [0.2, 0.25) is 0 Å². The first-order valence-corrected chi connectivity index (χ1v) is 8.04. The number of benzene rings is 1. The molecule has 138 valence electrons. The number of pyridine rings is 1. The second kappa shape index (κ2) is 8.46. The second-order valence-electron chi connectivity index (χ2n) is 5.57. The van der Waals surface area contributed by atoms with Crippen molar-refractivity contribution in [2.75, 3.05) is 11.9 Å². The average Bonchev–Trinajstić information content (AvgIpc) is 2.61. The molecule has 0 fully saturated rings. The first kappa shape index (κ1) is 19.4. The van der Waals surface area contributed by atoms with Gasteiger partial charge in [-0.3, -0.25) is 14.6 Å². The van der Waals surface area contributed by atoms with Gasteiger partial charge in [0.05, 0.1) is 5.56 Å². The van der Waals surface area contributed by atoms with Crippen LogP contribution in [-0.2, 0) is 6.18 Å². The molecule has 0 unspecified atom stereocenters. The molecule has 2 aromatic rings. The molecule has 2 amide bonds. The minimum absolute atomic E-state index is 0.00979. The quantitative estimate of drug-likeness (QED) is 0.763. The summed E-state index contributed by atoms with van der Waals surface area (Å²) in [5, 5.41) is 5.07. The Bertz CT molecular complexity index is 791. The smallest absolute Gasteiger partial charge is 0.352 e. The van der Waals surface area contributed by atoms with Crippen LogP contribution in [0.1, 0.15) is 46.2 Å². The lowest BCUT2D eigenvalue weighted by molar-refractivity contribution is -0.137. The topological polar surface area (TPSA) is 71.1 Å². The summed E-state index contributed by atoms with van der Waals surface area (Å²) in [6.07, 6.45) is -1.44. The van der Waals surface area contributed by atoms with Crippen LogP contribution in [0.25, 0.3) is 0 Å². The zero-order valence-electron chi connectivity index (χ0n) is 14.1. The van der Waals surface area contributed by atoms with Gasteiger partial charge in [0.25, 0.3) is 11.8 Å². The maximum absolute atomic E-state index is 12.7. The number of nitrogens with one attached hydrogen (secondary N) is 2. The Morgan fingerprint density at radius 3 is 2.58 bits per heavy atom. The number of carbonyl (C=O) groups is 2. The van der Waals surface area contributed by atoms with Gasteiger partial charge in [0.2, 0.25) is 0 Å². The molecule has 0 bridgehead atoms. The van der Waals surface area contributed by atoms with Gasteiger partial charge in [-0.05, 0) is 36.8 Å². The molecule has 0 aliphatic rings. The van der Waals surface area contributed by atoms with E-state index in [2.05, 4.69) is 15.6 Å². The Morgan fingerprint density at radius 1 is 1.12 bits per heavy atom. The summed E-state index contributed by atoms with van der Waals surface area (Å²) in [5.41, 5.74) is -0.687. The lowest BCUT2D eigenvalue weighted by Gasteiger charge is -2.10. The number of halogens is 3. The standard InChI is InChI=1S/C18H18F3N3O2/c1-2-3-8-23-16(25)12-7-9-22-15(10-12)17(26)24-14-6-4-5-13(11-14)18(19,20)21/h4-7,9-11H,2-3,8H2,1H3,(H,23,25)(H,24,26). The molecule has 1 aromatic heterocycles. The monoisotopic (exact) mass is 365 g/mol. The summed E-state index contributed by atoms with van der Waals surface area (Å²) >= 11 is 0. The summed E-state index contributed by atoms with van der Waals surface area (Å²) in [6, 6.07) is 7.04. The largest absolute Gasteiger partial charge is 0.416 e. The van der Waals surface area contributed by atoms with Gasteiger partial charge in [-0.25, -0.2) is 0 Å². The lowest BCUT2D eigenvalue weighted by Crippen LogP contribution is -2.25. The summed E-state index contributed by atoms with van der Waals surface area (Å²) in [7, 11) is 0. The van der Waals surface area contributed by atoms with Crippen LogP contribution in [0.5, 0.6) is 0 Å². The fourth-order valence-corrected chi connectivity index (χ4v) is 2.15. The number of alkyl halides is 3. The third-order valence-electron chi connectivity index (χ3n) is 3.52. The minimum atomic E-state index is -4.50. The number of aromatic nitrogens is 1. The molecule has 0 aliphatic carbocycles. The number of anilines is 1. The van der Waals surface area contributed by atoms with Crippen LogP contribution in [0.3, 0.4) is 0 Å². The Hall–Kier alpha value is -2.90. The Balaban J connectivity index is 2.11. The molecule has 2 rings (SSSR count). The first-order valence-electron chi connectivity index (χ1n) is 8.04. The molecule has 26 heavy (non-hydrogen) atoms. The highest BCUT2D eigenvalue weighted by atomic mass is 19.4. The van der Waals surface area contributed by atoms with E-state index in [0.717, 1.165) is 25.0 Å². The van der Waals surface area contributed by atoms with Crippen molar-refractivity contribution in [2.24, 2.45) is 0 Å². The van der Waals surface area contributed by atoms with Gasteiger partial charge < -0.3 is 10.6 Å². The Morgan fingerprint density at radius 2 is 1.88 bits per heavy atom. The third-order valence-corrected chi connectivity index (χ3v) is 3.52. The molecule has 0 spiro atoms. The minimum Gasteiger partial charge on any atom is -0.352 e. The van der Waals surface area contributed by atoms with Gasteiger partial charge in [0, 0.05) is 24.0 Å². The predicted molar refractivity (Wildman–Crippen MR) is 90.9 cm³/mol. The van der Waals surface area contributed by atoms with E-state index < -0.39 is 17.6 Å². The van der Waals surface area contributed by atoms with Crippen molar-refractivity contribution in [3.05, 3.63) is 59.4 Å². The zero-order valence-corrected chi connectivity index (χ0v) is 14.1. The summed E-state index contributed by atoms with van der Waals surface area (Å²) in [4.78, 5) is 28.1. The van der Waals surface area contributed by atoms with Crippen LogP contribution < -0.4 is 10.6 Å². The van der Waals surface area contributed by atoms with E-state index in [-0.39, 0.29) is 22.9 Å². The van der Waals surface area contributed by atoms with Crippen molar-refractivity contribution in [3.8, 4) is 0 Å². The molecule has 0 aliphatic heterocycles. The zero-order chi connectivity index (χ0) is 19.2. The van der Waals surface area contributed by atoms with E-state index >= 15 is 0 Å².